The molecule has 1 aromatic heterocycles. The van der Waals surface area contributed by atoms with E-state index in [-0.39, 0.29) is 17.3 Å². The number of hydrogen-bond acceptors (Lipinski definition) is 4. The first-order chi connectivity index (χ1) is 13.0. The Bertz CT molecular complexity index is 859. The van der Waals surface area contributed by atoms with Gasteiger partial charge in [0.05, 0.1) is 0 Å². The molecule has 27 heavy (non-hydrogen) atoms. The molecule has 1 atom stereocenters. The van der Waals surface area contributed by atoms with Crippen LogP contribution >= 0.6 is 0 Å². The molecule has 8 heteroatoms. The van der Waals surface area contributed by atoms with Gasteiger partial charge in [-0.2, -0.15) is 0 Å². The number of aromatic nitrogens is 1. The highest BCUT2D eigenvalue weighted by molar-refractivity contribution is 6.00. The van der Waals surface area contributed by atoms with Gasteiger partial charge in [0.1, 0.15) is 23.4 Å². The Kier molecular flexibility index (Phi) is 4.63. The molecule has 6 nitrogen and oxygen atoms in total. The summed E-state index contributed by atoms with van der Waals surface area (Å²) in [6.45, 7) is 0.417. The maximum Gasteiger partial charge on any atom is 0.276 e. The van der Waals surface area contributed by atoms with E-state index in [1.165, 1.54) is 4.90 Å². The number of hydrogen-bond donors (Lipinski definition) is 1. The number of halogens is 2. The molecular formula is C19H19F2N3O3. The lowest BCUT2D eigenvalue weighted by Crippen LogP contribution is -2.50. The summed E-state index contributed by atoms with van der Waals surface area (Å²) in [5, 5.41) is 6.36. The number of nitrogens with one attached hydrogen (secondary N) is 1. The van der Waals surface area contributed by atoms with Crippen LogP contribution in [0.3, 0.4) is 0 Å². The normalized spacial score (nSPS) is 19.8. The van der Waals surface area contributed by atoms with E-state index in [4.69, 9.17) is 4.52 Å². The van der Waals surface area contributed by atoms with Crippen LogP contribution in [0.15, 0.2) is 28.8 Å². The average Bonchev–Trinajstić information content (AvgIpc) is 3.37. The van der Waals surface area contributed by atoms with Crippen molar-refractivity contribution in [3.63, 3.8) is 0 Å². The Hall–Kier alpha value is -2.77. The highest BCUT2D eigenvalue weighted by Crippen LogP contribution is 2.40. The minimum Gasteiger partial charge on any atom is -0.360 e. The van der Waals surface area contributed by atoms with E-state index >= 15 is 0 Å². The summed E-state index contributed by atoms with van der Waals surface area (Å²) in [4.78, 5) is 27.0. The van der Waals surface area contributed by atoms with Crippen molar-refractivity contribution in [2.45, 2.75) is 44.1 Å². The zero-order valence-electron chi connectivity index (χ0n) is 14.6. The minimum atomic E-state index is -0.780. The number of rotatable bonds is 4. The van der Waals surface area contributed by atoms with Crippen LogP contribution in [0.1, 0.15) is 54.3 Å². The summed E-state index contributed by atoms with van der Waals surface area (Å²) in [5.41, 5.74) is 0.210. The fraction of sp³-hybridized carbons (Fsp3) is 0.421. The van der Waals surface area contributed by atoms with Crippen LogP contribution in [-0.2, 0) is 4.79 Å². The van der Waals surface area contributed by atoms with Crippen LogP contribution in [0, 0.1) is 11.6 Å². The third-order valence-corrected chi connectivity index (χ3v) is 4.92. The molecule has 1 aromatic carbocycles. The van der Waals surface area contributed by atoms with Crippen molar-refractivity contribution in [3.05, 3.63) is 47.4 Å². The van der Waals surface area contributed by atoms with Gasteiger partial charge in [0, 0.05) is 30.3 Å². The third kappa shape index (κ3) is 3.84. The standard InChI is InChI=1S/C19H19F2N3O3/c20-12-7-13(21)9-14(8-12)22-18(25)16-3-1-2-6-24(16)19(26)15-10-17(27-23-15)11-4-5-11/h7-11,16H,1-6H2,(H,22,25)/t16-/m1/s1. The number of piperidine rings is 1. The zero-order chi connectivity index (χ0) is 19.0. The van der Waals surface area contributed by atoms with Crippen molar-refractivity contribution in [2.75, 3.05) is 11.9 Å². The topological polar surface area (TPSA) is 75.4 Å². The highest BCUT2D eigenvalue weighted by Gasteiger charge is 2.35. The number of carbonyl (C=O) groups is 2. The van der Waals surface area contributed by atoms with E-state index in [0.717, 1.165) is 43.9 Å². The number of likely N-dealkylation sites (tertiary alicyclic amines) is 1. The molecule has 1 saturated carbocycles. The molecule has 0 bridgehead atoms. The first-order valence-corrected chi connectivity index (χ1v) is 9.06. The first-order valence-electron chi connectivity index (χ1n) is 9.06. The summed E-state index contributed by atoms with van der Waals surface area (Å²) in [5.74, 6) is -1.36. The molecule has 2 aliphatic rings. The summed E-state index contributed by atoms with van der Waals surface area (Å²) in [7, 11) is 0. The van der Waals surface area contributed by atoms with Crippen molar-refractivity contribution in [1.29, 1.82) is 0 Å². The Balaban J connectivity index is 1.50. The van der Waals surface area contributed by atoms with Gasteiger partial charge in [0.15, 0.2) is 5.69 Å². The van der Waals surface area contributed by atoms with E-state index in [9.17, 15) is 18.4 Å². The smallest absolute Gasteiger partial charge is 0.276 e. The average molecular weight is 375 g/mol. The number of nitrogens with zero attached hydrogens (tertiary/aromatic N) is 2. The number of benzene rings is 1. The second-order valence-electron chi connectivity index (χ2n) is 7.05. The van der Waals surface area contributed by atoms with Crippen LogP contribution in [-0.4, -0.2) is 34.5 Å². The van der Waals surface area contributed by atoms with Crippen LogP contribution in [0.2, 0.25) is 0 Å². The second-order valence-corrected chi connectivity index (χ2v) is 7.05. The third-order valence-electron chi connectivity index (χ3n) is 4.92. The molecule has 0 unspecified atom stereocenters. The van der Waals surface area contributed by atoms with Gasteiger partial charge in [-0.15, -0.1) is 0 Å². The van der Waals surface area contributed by atoms with Gasteiger partial charge >= 0.3 is 0 Å². The van der Waals surface area contributed by atoms with Crippen molar-refractivity contribution < 1.29 is 22.9 Å². The van der Waals surface area contributed by atoms with E-state index in [2.05, 4.69) is 10.5 Å². The Morgan fingerprint density at radius 1 is 1.07 bits per heavy atom. The van der Waals surface area contributed by atoms with E-state index in [1.807, 2.05) is 0 Å². The fourth-order valence-electron chi connectivity index (χ4n) is 3.40. The van der Waals surface area contributed by atoms with Gasteiger partial charge in [-0.3, -0.25) is 9.59 Å². The van der Waals surface area contributed by atoms with Gasteiger partial charge < -0.3 is 14.7 Å². The van der Waals surface area contributed by atoms with Gasteiger partial charge in [0.2, 0.25) is 5.91 Å². The van der Waals surface area contributed by atoms with Crippen molar-refractivity contribution in [1.82, 2.24) is 10.1 Å². The maximum absolute atomic E-state index is 13.3. The largest absolute Gasteiger partial charge is 0.360 e. The summed E-state index contributed by atoms with van der Waals surface area (Å²) in [6, 6.07) is 3.73. The predicted molar refractivity (Wildman–Crippen MR) is 92.1 cm³/mol. The van der Waals surface area contributed by atoms with Crippen LogP contribution < -0.4 is 5.32 Å². The quantitative estimate of drug-likeness (QED) is 0.888. The maximum atomic E-state index is 13.3. The minimum absolute atomic E-state index is 0.0212. The molecule has 1 saturated heterocycles. The summed E-state index contributed by atoms with van der Waals surface area (Å²) < 4.78 is 31.9. The van der Waals surface area contributed by atoms with Crippen molar-refractivity contribution >= 4 is 17.5 Å². The fourth-order valence-corrected chi connectivity index (χ4v) is 3.40. The monoisotopic (exact) mass is 375 g/mol. The lowest BCUT2D eigenvalue weighted by molar-refractivity contribution is -0.121. The van der Waals surface area contributed by atoms with Crippen molar-refractivity contribution in [3.8, 4) is 0 Å². The van der Waals surface area contributed by atoms with Gasteiger partial charge in [-0.25, -0.2) is 8.78 Å². The Morgan fingerprint density at radius 2 is 1.81 bits per heavy atom. The van der Waals surface area contributed by atoms with Gasteiger partial charge in [-0.1, -0.05) is 5.16 Å². The lowest BCUT2D eigenvalue weighted by Gasteiger charge is -2.34. The Morgan fingerprint density at radius 3 is 2.52 bits per heavy atom. The van der Waals surface area contributed by atoms with Gasteiger partial charge in [-0.05, 0) is 44.2 Å². The molecule has 0 radical (unpaired) electrons. The zero-order valence-corrected chi connectivity index (χ0v) is 14.6. The van der Waals surface area contributed by atoms with E-state index in [1.54, 1.807) is 6.07 Å². The van der Waals surface area contributed by atoms with Gasteiger partial charge in [0.25, 0.3) is 5.91 Å². The Labute approximate surface area is 154 Å². The molecule has 1 aliphatic heterocycles. The molecule has 1 N–H and O–H groups in total. The van der Waals surface area contributed by atoms with Crippen LogP contribution in [0.25, 0.3) is 0 Å². The molecule has 2 aromatic rings. The number of amides is 2. The molecular weight excluding hydrogens is 356 g/mol. The lowest BCUT2D eigenvalue weighted by atomic mass is 10.0. The molecule has 4 rings (SSSR count). The van der Waals surface area contributed by atoms with Crippen molar-refractivity contribution in [2.24, 2.45) is 0 Å². The summed E-state index contributed by atoms with van der Waals surface area (Å²) in [6.07, 6.45) is 4.09. The SMILES string of the molecule is O=C(Nc1cc(F)cc(F)c1)[C@H]1CCCCN1C(=O)c1cc(C2CC2)on1. The van der Waals surface area contributed by atoms with Crippen LogP contribution in [0.4, 0.5) is 14.5 Å². The second kappa shape index (κ2) is 7.09. The molecule has 142 valence electrons. The number of carbonyl (C=O) groups excluding carboxylic acids is 2. The van der Waals surface area contributed by atoms with Crippen LogP contribution in [0.5, 0.6) is 0 Å². The summed E-state index contributed by atoms with van der Waals surface area (Å²) >= 11 is 0. The molecule has 2 heterocycles. The highest BCUT2D eigenvalue weighted by atomic mass is 19.1. The first kappa shape index (κ1) is 17.6. The predicted octanol–water partition coefficient (Wildman–Crippen LogP) is 3.46. The molecule has 1 aliphatic carbocycles. The van der Waals surface area contributed by atoms with E-state index in [0.29, 0.717) is 24.6 Å². The number of anilines is 1. The molecule has 2 amide bonds. The van der Waals surface area contributed by atoms with E-state index < -0.39 is 23.6 Å². The molecule has 2 fully saturated rings. The molecule has 0 spiro atoms.